The second-order valence-electron chi connectivity index (χ2n) is 4.72. The number of hydrogen-bond donors (Lipinski definition) is 1. The van der Waals surface area contributed by atoms with Gasteiger partial charge in [-0.05, 0) is 43.0 Å². The third kappa shape index (κ3) is 2.67. The molecule has 2 aromatic rings. The molecule has 0 radical (unpaired) electrons. The molecule has 1 aliphatic heterocycles. The fourth-order valence-electron chi connectivity index (χ4n) is 2.31. The van der Waals surface area contributed by atoms with E-state index in [9.17, 15) is 5.11 Å². The standard InChI is InChI=1S/C14H17N3O2/c18-14(11-4-7-15-8-5-11)12-6-9-17(16-12)13-3-1-2-10-19-13/h4-9,13-14,18H,1-3,10H2. The third-order valence-corrected chi connectivity index (χ3v) is 3.38. The molecule has 2 unspecified atom stereocenters. The zero-order valence-electron chi connectivity index (χ0n) is 10.6. The van der Waals surface area contributed by atoms with Crippen LogP contribution in [0.25, 0.3) is 0 Å². The second-order valence-corrected chi connectivity index (χ2v) is 4.72. The Labute approximate surface area is 111 Å². The van der Waals surface area contributed by atoms with Crippen molar-refractivity contribution in [2.45, 2.75) is 31.6 Å². The highest BCUT2D eigenvalue weighted by Gasteiger charge is 2.19. The normalized spacial score (nSPS) is 21.2. The molecule has 3 rings (SSSR count). The van der Waals surface area contributed by atoms with Crippen LogP contribution in [-0.2, 0) is 4.74 Å². The summed E-state index contributed by atoms with van der Waals surface area (Å²) in [7, 11) is 0. The van der Waals surface area contributed by atoms with E-state index < -0.39 is 6.10 Å². The van der Waals surface area contributed by atoms with Crippen LogP contribution in [0.1, 0.15) is 42.9 Å². The first-order valence-corrected chi connectivity index (χ1v) is 6.59. The molecule has 5 nitrogen and oxygen atoms in total. The van der Waals surface area contributed by atoms with Crippen LogP contribution in [0.2, 0.25) is 0 Å². The first-order valence-electron chi connectivity index (χ1n) is 6.59. The summed E-state index contributed by atoms with van der Waals surface area (Å²) in [6.45, 7) is 0.784. The molecule has 3 heterocycles. The minimum Gasteiger partial charge on any atom is -0.382 e. The van der Waals surface area contributed by atoms with E-state index >= 15 is 0 Å². The predicted molar refractivity (Wildman–Crippen MR) is 69.4 cm³/mol. The van der Waals surface area contributed by atoms with Crippen LogP contribution in [0, 0.1) is 0 Å². The van der Waals surface area contributed by atoms with E-state index in [4.69, 9.17) is 4.74 Å². The SMILES string of the molecule is OC(c1ccncc1)c1ccn(C2CCCCO2)n1. The number of pyridine rings is 1. The highest BCUT2D eigenvalue weighted by molar-refractivity contribution is 5.22. The quantitative estimate of drug-likeness (QED) is 0.916. The summed E-state index contributed by atoms with van der Waals surface area (Å²) < 4.78 is 7.48. The molecule has 19 heavy (non-hydrogen) atoms. The van der Waals surface area contributed by atoms with E-state index in [0.717, 1.165) is 31.4 Å². The lowest BCUT2D eigenvalue weighted by Gasteiger charge is -2.22. The molecule has 0 aliphatic carbocycles. The lowest BCUT2D eigenvalue weighted by molar-refractivity contribution is -0.0399. The van der Waals surface area contributed by atoms with Gasteiger partial charge < -0.3 is 9.84 Å². The average Bonchev–Trinajstić information content (AvgIpc) is 2.98. The van der Waals surface area contributed by atoms with E-state index in [1.165, 1.54) is 0 Å². The maximum atomic E-state index is 10.3. The molecule has 0 spiro atoms. The van der Waals surface area contributed by atoms with Gasteiger partial charge in [0.1, 0.15) is 12.3 Å². The zero-order chi connectivity index (χ0) is 13.1. The number of hydrogen-bond acceptors (Lipinski definition) is 4. The molecule has 0 saturated carbocycles. The van der Waals surface area contributed by atoms with Gasteiger partial charge in [-0.2, -0.15) is 5.10 Å². The molecule has 1 fully saturated rings. The van der Waals surface area contributed by atoms with Crippen LogP contribution in [0.3, 0.4) is 0 Å². The van der Waals surface area contributed by atoms with Crippen molar-refractivity contribution in [2.75, 3.05) is 6.61 Å². The summed E-state index contributed by atoms with van der Waals surface area (Å²) in [6.07, 6.45) is 7.75. The Morgan fingerprint density at radius 3 is 2.84 bits per heavy atom. The minimum atomic E-state index is -0.715. The van der Waals surface area contributed by atoms with Gasteiger partial charge in [-0.15, -0.1) is 0 Å². The average molecular weight is 259 g/mol. The van der Waals surface area contributed by atoms with Crippen molar-refractivity contribution in [2.24, 2.45) is 0 Å². The van der Waals surface area contributed by atoms with Gasteiger partial charge in [0.15, 0.2) is 0 Å². The van der Waals surface area contributed by atoms with Crippen LogP contribution < -0.4 is 0 Å². The molecular weight excluding hydrogens is 242 g/mol. The van der Waals surface area contributed by atoms with Crippen LogP contribution in [0.4, 0.5) is 0 Å². The van der Waals surface area contributed by atoms with Gasteiger partial charge in [-0.1, -0.05) is 0 Å². The molecule has 1 saturated heterocycles. The van der Waals surface area contributed by atoms with Gasteiger partial charge in [-0.25, -0.2) is 4.68 Å². The van der Waals surface area contributed by atoms with E-state index in [0.29, 0.717) is 5.69 Å². The van der Waals surface area contributed by atoms with Crippen molar-refractivity contribution in [1.82, 2.24) is 14.8 Å². The number of aliphatic hydroxyl groups excluding tert-OH is 1. The number of nitrogens with zero attached hydrogens (tertiary/aromatic N) is 3. The van der Waals surface area contributed by atoms with Crippen molar-refractivity contribution >= 4 is 0 Å². The van der Waals surface area contributed by atoms with Crippen LogP contribution in [0.5, 0.6) is 0 Å². The summed E-state index contributed by atoms with van der Waals surface area (Å²) in [5.41, 5.74) is 1.44. The van der Waals surface area contributed by atoms with Crippen LogP contribution in [-0.4, -0.2) is 26.5 Å². The van der Waals surface area contributed by atoms with E-state index in [-0.39, 0.29) is 6.23 Å². The highest BCUT2D eigenvalue weighted by atomic mass is 16.5. The Bertz CT molecular complexity index is 520. The van der Waals surface area contributed by atoms with Gasteiger partial charge in [0.2, 0.25) is 0 Å². The summed E-state index contributed by atoms with van der Waals surface area (Å²) >= 11 is 0. The molecule has 100 valence electrons. The Hall–Kier alpha value is -1.72. The monoisotopic (exact) mass is 259 g/mol. The Morgan fingerprint density at radius 2 is 2.11 bits per heavy atom. The molecule has 0 bridgehead atoms. The van der Waals surface area contributed by atoms with E-state index in [1.807, 2.05) is 12.3 Å². The molecule has 0 amide bonds. The maximum Gasteiger partial charge on any atom is 0.150 e. The first-order chi connectivity index (χ1) is 9.34. The van der Waals surface area contributed by atoms with Crippen molar-refractivity contribution in [3.63, 3.8) is 0 Å². The Kier molecular flexibility index (Phi) is 3.57. The topological polar surface area (TPSA) is 60.2 Å². The van der Waals surface area contributed by atoms with Gasteiger partial charge in [-0.3, -0.25) is 4.98 Å². The largest absolute Gasteiger partial charge is 0.382 e. The van der Waals surface area contributed by atoms with Crippen molar-refractivity contribution in [3.05, 3.63) is 48.0 Å². The molecule has 1 aliphatic rings. The number of rotatable bonds is 3. The highest BCUT2D eigenvalue weighted by Crippen LogP contribution is 2.24. The fourth-order valence-corrected chi connectivity index (χ4v) is 2.31. The number of aliphatic hydroxyl groups is 1. The maximum absolute atomic E-state index is 10.3. The van der Waals surface area contributed by atoms with Crippen LogP contribution in [0.15, 0.2) is 36.8 Å². The van der Waals surface area contributed by atoms with Crippen molar-refractivity contribution in [3.8, 4) is 0 Å². The lowest BCUT2D eigenvalue weighted by atomic mass is 10.1. The second kappa shape index (κ2) is 5.50. The third-order valence-electron chi connectivity index (χ3n) is 3.38. The van der Waals surface area contributed by atoms with Crippen LogP contribution >= 0.6 is 0 Å². The predicted octanol–water partition coefficient (Wildman–Crippen LogP) is 2.06. The summed E-state index contributed by atoms with van der Waals surface area (Å²) in [5, 5.41) is 14.7. The molecule has 0 aromatic carbocycles. The van der Waals surface area contributed by atoms with E-state index in [2.05, 4.69) is 10.1 Å². The number of ether oxygens (including phenoxy) is 1. The van der Waals surface area contributed by atoms with Gasteiger partial charge in [0.25, 0.3) is 0 Å². The first kappa shape index (κ1) is 12.3. The Morgan fingerprint density at radius 1 is 1.26 bits per heavy atom. The summed E-state index contributed by atoms with van der Waals surface area (Å²) in [6, 6.07) is 5.42. The smallest absolute Gasteiger partial charge is 0.150 e. The molecule has 2 atom stereocenters. The lowest BCUT2D eigenvalue weighted by Crippen LogP contribution is -2.18. The summed E-state index contributed by atoms with van der Waals surface area (Å²) in [5.74, 6) is 0. The van der Waals surface area contributed by atoms with Gasteiger partial charge >= 0.3 is 0 Å². The minimum absolute atomic E-state index is 0.00661. The fraction of sp³-hybridized carbons (Fsp3) is 0.429. The van der Waals surface area contributed by atoms with E-state index in [1.54, 1.807) is 29.2 Å². The van der Waals surface area contributed by atoms with Crippen molar-refractivity contribution < 1.29 is 9.84 Å². The van der Waals surface area contributed by atoms with Gasteiger partial charge in [0, 0.05) is 25.2 Å². The Balaban J connectivity index is 1.77. The summed E-state index contributed by atoms with van der Waals surface area (Å²) in [4.78, 5) is 3.94. The number of aromatic nitrogens is 3. The van der Waals surface area contributed by atoms with Gasteiger partial charge in [0.05, 0.1) is 5.69 Å². The zero-order valence-corrected chi connectivity index (χ0v) is 10.6. The van der Waals surface area contributed by atoms with Crippen molar-refractivity contribution in [1.29, 1.82) is 0 Å². The molecule has 2 aromatic heterocycles. The molecule has 1 N–H and O–H groups in total. The molecule has 5 heteroatoms. The molecular formula is C14H17N3O2.